The third-order valence-electron chi connectivity index (χ3n) is 3.33. The zero-order chi connectivity index (χ0) is 14.7. The SMILES string of the molecule is NC(=O)C1=C(c2ccccc2)N=CCN1c1ccccc1. The van der Waals surface area contributed by atoms with Gasteiger partial charge in [0.25, 0.3) is 5.91 Å². The summed E-state index contributed by atoms with van der Waals surface area (Å²) in [4.78, 5) is 18.2. The van der Waals surface area contributed by atoms with E-state index in [-0.39, 0.29) is 0 Å². The van der Waals surface area contributed by atoms with Crippen molar-refractivity contribution in [1.82, 2.24) is 0 Å². The standard InChI is InChI=1S/C17H15N3O/c18-17(21)16-15(13-7-3-1-4-8-13)19-11-12-20(16)14-9-5-2-6-10-14/h1-11H,12H2,(H2,18,21). The molecule has 1 aliphatic heterocycles. The van der Waals surface area contributed by atoms with Gasteiger partial charge in [0.2, 0.25) is 0 Å². The summed E-state index contributed by atoms with van der Waals surface area (Å²) >= 11 is 0. The summed E-state index contributed by atoms with van der Waals surface area (Å²) in [6.07, 6.45) is 1.79. The quantitative estimate of drug-likeness (QED) is 0.936. The number of nitrogens with two attached hydrogens (primary N) is 1. The van der Waals surface area contributed by atoms with Crippen LogP contribution in [0.4, 0.5) is 5.69 Å². The van der Waals surface area contributed by atoms with Gasteiger partial charge in [-0.05, 0) is 12.1 Å². The average Bonchev–Trinajstić information content (AvgIpc) is 2.55. The summed E-state index contributed by atoms with van der Waals surface area (Å²) in [5.74, 6) is -0.477. The van der Waals surface area contributed by atoms with E-state index in [9.17, 15) is 4.79 Å². The molecular formula is C17H15N3O. The summed E-state index contributed by atoms with van der Waals surface area (Å²) in [7, 11) is 0. The molecule has 1 aliphatic rings. The van der Waals surface area contributed by atoms with Gasteiger partial charge in [0, 0.05) is 17.5 Å². The third-order valence-corrected chi connectivity index (χ3v) is 3.33. The molecule has 2 aromatic carbocycles. The van der Waals surface area contributed by atoms with E-state index >= 15 is 0 Å². The Morgan fingerprint density at radius 3 is 2.24 bits per heavy atom. The average molecular weight is 277 g/mol. The van der Waals surface area contributed by atoms with Gasteiger partial charge >= 0.3 is 0 Å². The molecule has 0 saturated carbocycles. The van der Waals surface area contributed by atoms with Crippen molar-refractivity contribution in [3.8, 4) is 0 Å². The highest BCUT2D eigenvalue weighted by Crippen LogP contribution is 2.28. The van der Waals surface area contributed by atoms with Crippen LogP contribution < -0.4 is 10.6 Å². The van der Waals surface area contributed by atoms with E-state index in [0.29, 0.717) is 17.9 Å². The van der Waals surface area contributed by atoms with Gasteiger partial charge in [-0.25, -0.2) is 0 Å². The van der Waals surface area contributed by atoms with Gasteiger partial charge in [-0.3, -0.25) is 9.79 Å². The largest absolute Gasteiger partial charge is 0.364 e. The summed E-state index contributed by atoms with van der Waals surface area (Å²) in [6, 6.07) is 19.3. The molecular weight excluding hydrogens is 262 g/mol. The fourth-order valence-electron chi connectivity index (χ4n) is 2.39. The lowest BCUT2D eigenvalue weighted by Crippen LogP contribution is -2.35. The van der Waals surface area contributed by atoms with Gasteiger partial charge in [-0.2, -0.15) is 0 Å². The van der Waals surface area contributed by atoms with E-state index < -0.39 is 5.91 Å². The lowest BCUT2D eigenvalue weighted by molar-refractivity contribution is -0.114. The van der Waals surface area contributed by atoms with Crippen LogP contribution in [0.5, 0.6) is 0 Å². The predicted molar refractivity (Wildman–Crippen MR) is 84.8 cm³/mol. The van der Waals surface area contributed by atoms with Crippen LogP contribution >= 0.6 is 0 Å². The Morgan fingerprint density at radius 2 is 1.62 bits per heavy atom. The van der Waals surface area contributed by atoms with Gasteiger partial charge in [0.15, 0.2) is 0 Å². The molecule has 1 heterocycles. The van der Waals surface area contributed by atoms with Gasteiger partial charge in [0.05, 0.1) is 12.2 Å². The Bertz CT molecular complexity index is 705. The van der Waals surface area contributed by atoms with Crippen LogP contribution in [-0.4, -0.2) is 18.7 Å². The Kier molecular flexibility index (Phi) is 3.51. The number of hydrogen-bond acceptors (Lipinski definition) is 3. The topological polar surface area (TPSA) is 58.7 Å². The molecule has 0 saturated heterocycles. The van der Waals surface area contributed by atoms with Crippen molar-refractivity contribution >= 4 is 23.5 Å². The van der Waals surface area contributed by atoms with Crippen LogP contribution in [0.3, 0.4) is 0 Å². The Labute approximate surface area is 123 Å². The van der Waals surface area contributed by atoms with Crippen molar-refractivity contribution in [1.29, 1.82) is 0 Å². The van der Waals surface area contributed by atoms with Gasteiger partial charge < -0.3 is 10.6 Å². The molecule has 2 aromatic rings. The minimum atomic E-state index is -0.477. The molecule has 0 spiro atoms. The van der Waals surface area contributed by atoms with Crippen LogP contribution in [0.15, 0.2) is 71.4 Å². The zero-order valence-corrected chi connectivity index (χ0v) is 11.4. The molecule has 0 bridgehead atoms. The van der Waals surface area contributed by atoms with E-state index in [2.05, 4.69) is 4.99 Å². The van der Waals surface area contributed by atoms with Crippen LogP contribution in [-0.2, 0) is 4.79 Å². The fourth-order valence-corrected chi connectivity index (χ4v) is 2.39. The van der Waals surface area contributed by atoms with Crippen molar-refractivity contribution < 1.29 is 4.79 Å². The number of hydrogen-bond donors (Lipinski definition) is 1. The number of carbonyl (C=O) groups is 1. The second kappa shape index (κ2) is 5.63. The number of benzene rings is 2. The number of nitrogens with zero attached hydrogens (tertiary/aromatic N) is 2. The monoisotopic (exact) mass is 277 g/mol. The molecule has 2 N–H and O–H groups in total. The van der Waals surface area contributed by atoms with Crippen LogP contribution in [0.2, 0.25) is 0 Å². The molecule has 104 valence electrons. The molecule has 3 rings (SSSR count). The first kappa shape index (κ1) is 13.1. The summed E-state index contributed by atoms with van der Waals surface area (Å²) in [6.45, 7) is 0.526. The smallest absolute Gasteiger partial charge is 0.267 e. The molecule has 0 aromatic heterocycles. The maximum absolute atomic E-state index is 12.0. The van der Waals surface area contributed by atoms with Crippen molar-refractivity contribution in [2.24, 2.45) is 10.7 Å². The lowest BCUT2D eigenvalue weighted by atomic mass is 10.1. The number of rotatable bonds is 3. The van der Waals surface area contributed by atoms with E-state index in [0.717, 1.165) is 11.3 Å². The molecule has 4 nitrogen and oxygen atoms in total. The first-order valence-electron chi connectivity index (χ1n) is 6.72. The first-order chi connectivity index (χ1) is 10.3. The molecule has 0 atom stereocenters. The normalized spacial score (nSPS) is 14.4. The molecule has 0 radical (unpaired) electrons. The molecule has 1 amide bonds. The van der Waals surface area contributed by atoms with E-state index in [1.54, 1.807) is 6.21 Å². The highest BCUT2D eigenvalue weighted by atomic mass is 16.1. The van der Waals surface area contributed by atoms with Crippen molar-refractivity contribution in [3.05, 3.63) is 71.9 Å². The number of aliphatic imine (C=N–C) groups is 1. The van der Waals surface area contributed by atoms with Gasteiger partial charge in [-0.15, -0.1) is 0 Å². The number of para-hydroxylation sites is 1. The Balaban J connectivity index is 2.14. The van der Waals surface area contributed by atoms with Crippen molar-refractivity contribution in [2.45, 2.75) is 0 Å². The zero-order valence-electron chi connectivity index (χ0n) is 11.4. The van der Waals surface area contributed by atoms with Crippen LogP contribution in [0, 0.1) is 0 Å². The number of anilines is 1. The predicted octanol–water partition coefficient (Wildman–Crippen LogP) is 2.43. The summed E-state index contributed by atoms with van der Waals surface area (Å²) < 4.78 is 0. The minimum Gasteiger partial charge on any atom is -0.364 e. The van der Waals surface area contributed by atoms with Crippen LogP contribution in [0.25, 0.3) is 5.70 Å². The molecule has 4 heteroatoms. The number of primary amides is 1. The molecule has 0 aliphatic carbocycles. The number of amides is 1. The second-order valence-corrected chi connectivity index (χ2v) is 4.69. The van der Waals surface area contributed by atoms with Crippen LogP contribution in [0.1, 0.15) is 5.56 Å². The minimum absolute atomic E-state index is 0.426. The third kappa shape index (κ3) is 2.56. The molecule has 21 heavy (non-hydrogen) atoms. The van der Waals surface area contributed by atoms with E-state index in [1.807, 2.05) is 65.6 Å². The summed E-state index contributed by atoms with van der Waals surface area (Å²) in [5, 5.41) is 0. The molecule has 0 fully saturated rings. The Hall–Kier alpha value is -2.88. The van der Waals surface area contributed by atoms with E-state index in [4.69, 9.17) is 5.73 Å². The van der Waals surface area contributed by atoms with Gasteiger partial charge in [0.1, 0.15) is 5.70 Å². The van der Waals surface area contributed by atoms with Crippen molar-refractivity contribution in [3.63, 3.8) is 0 Å². The highest BCUT2D eigenvalue weighted by molar-refractivity contribution is 6.06. The maximum Gasteiger partial charge on any atom is 0.267 e. The Morgan fingerprint density at radius 1 is 1.00 bits per heavy atom. The highest BCUT2D eigenvalue weighted by Gasteiger charge is 2.24. The van der Waals surface area contributed by atoms with Crippen molar-refractivity contribution in [2.75, 3.05) is 11.4 Å². The lowest BCUT2D eigenvalue weighted by Gasteiger charge is -2.28. The first-order valence-corrected chi connectivity index (χ1v) is 6.72. The summed E-state index contributed by atoms with van der Waals surface area (Å²) in [5.41, 5.74) is 8.45. The maximum atomic E-state index is 12.0. The molecule has 0 unspecified atom stereocenters. The second-order valence-electron chi connectivity index (χ2n) is 4.69. The van der Waals surface area contributed by atoms with E-state index in [1.165, 1.54) is 0 Å². The number of carbonyl (C=O) groups excluding carboxylic acids is 1. The van der Waals surface area contributed by atoms with Gasteiger partial charge in [-0.1, -0.05) is 48.5 Å². The fraction of sp³-hybridized carbons (Fsp3) is 0.0588.